The molecule has 2 aliphatic heterocycles. The van der Waals surface area contributed by atoms with Crippen molar-refractivity contribution in [2.24, 2.45) is 4.99 Å². The number of fused-ring (bicyclic) bond motifs is 1. The van der Waals surface area contributed by atoms with Crippen LogP contribution in [-0.4, -0.2) is 30.8 Å². The third kappa shape index (κ3) is 3.15. The molecule has 2 heterocycles. The first-order valence-electron chi connectivity index (χ1n) is 8.35. The van der Waals surface area contributed by atoms with E-state index in [1.807, 2.05) is 30.3 Å². The Morgan fingerprint density at radius 1 is 0.957 bits per heavy atom. The number of ether oxygens (including phenoxy) is 2. The fourth-order valence-electron chi connectivity index (χ4n) is 3.36. The van der Waals surface area contributed by atoms with Gasteiger partial charge in [0.25, 0.3) is 0 Å². The Bertz CT molecular complexity index is 669. The first-order chi connectivity index (χ1) is 11.4. The van der Waals surface area contributed by atoms with E-state index < -0.39 is 0 Å². The molecule has 3 atom stereocenters. The van der Waals surface area contributed by atoms with Crippen LogP contribution in [0.2, 0.25) is 0 Å². The van der Waals surface area contributed by atoms with Crippen LogP contribution in [0.25, 0.3) is 0 Å². The summed E-state index contributed by atoms with van der Waals surface area (Å²) >= 11 is 0. The second kappa shape index (κ2) is 6.55. The first-order valence-corrected chi connectivity index (χ1v) is 8.35. The highest BCUT2D eigenvalue weighted by molar-refractivity contribution is 5.95. The van der Waals surface area contributed by atoms with E-state index in [9.17, 15) is 0 Å². The summed E-state index contributed by atoms with van der Waals surface area (Å²) in [6.07, 6.45) is 3.47. The van der Waals surface area contributed by atoms with E-state index in [4.69, 9.17) is 14.5 Å². The quantitative estimate of drug-likeness (QED) is 0.844. The Hall–Kier alpha value is -2.13. The van der Waals surface area contributed by atoms with Gasteiger partial charge in [-0.25, -0.2) is 4.99 Å². The van der Waals surface area contributed by atoms with Crippen molar-refractivity contribution in [2.45, 2.75) is 37.5 Å². The zero-order valence-corrected chi connectivity index (χ0v) is 13.1. The molecule has 1 saturated heterocycles. The average Bonchev–Trinajstić information content (AvgIpc) is 3.18. The molecular formula is C20H21NO2. The maximum atomic E-state index is 6.11. The Labute approximate surface area is 137 Å². The molecule has 118 valence electrons. The first kappa shape index (κ1) is 14.5. The highest BCUT2D eigenvalue weighted by atomic mass is 16.6. The molecular weight excluding hydrogens is 286 g/mol. The van der Waals surface area contributed by atoms with Gasteiger partial charge >= 0.3 is 0 Å². The van der Waals surface area contributed by atoms with Gasteiger partial charge in [-0.2, -0.15) is 0 Å². The molecule has 4 rings (SSSR count). The van der Waals surface area contributed by atoms with Crippen LogP contribution >= 0.6 is 0 Å². The number of rotatable bonds is 5. The third-order valence-corrected chi connectivity index (χ3v) is 4.58. The van der Waals surface area contributed by atoms with Crippen molar-refractivity contribution in [3.05, 3.63) is 71.8 Å². The summed E-state index contributed by atoms with van der Waals surface area (Å²) in [5.41, 5.74) is 2.44. The fraction of sp³-hybridized carbons (Fsp3) is 0.350. The molecule has 2 aromatic rings. The minimum Gasteiger partial charge on any atom is -0.469 e. The number of hydrogen-bond acceptors (Lipinski definition) is 3. The average molecular weight is 307 g/mol. The van der Waals surface area contributed by atoms with Crippen LogP contribution in [0.1, 0.15) is 24.0 Å². The molecule has 1 fully saturated rings. The van der Waals surface area contributed by atoms with Gasteiger partial charge in [-0.05, 0) is 37.0 Å². The van der Waals surface area contributed by atoms with Crippen LogP contribution in [0.4, 0.5) is 0 Å². The smallest absolute Gasteiger partial charge is 0.217 e. The van der Waals surface area contributed by atoms with E-state index in [-0.39, 0.29) is 18.2 Å². The number of hydrogen-bond donors (Lipinski definition) is 0. The lowest BCUT2D eigenvalue weighted by molar-refractivity contribution is 0.0441. The molecule has 0 aliphatic carbocycles. The maximum absolute atomic E-state index is 6.11. The molecule has 0 N–H and O–H groups in total. The molecule has 2 aliphatic rings. The van der Waals surface area contributed by atoms with Gasteiger partial charge in [-0.15, -0.1) is 0 Å². The highest BCUT2D eigenvalue weighted by Crippen LogP contribution is 2.30. The highest BCUT2D eigenvalue weighted by Gasteiger charge is 2.43. The summed E-state index contributed by atoms with van der Waals surface area (Å²) < 4.78 is 12.0. The lowest BCUT2D eigenvalue weighted by Gasteiger charge is -2.17. The summed E-state index contributed by atoms with van der Waals surface area (Å²) in [6.45, 7) is 0.678. The van der Waals surface area contributed by atoms with Gasteiger partial charge in [-0.1, -0.05) is 48.5 Å². The van der Waals surface area contributed by atoms with Crippen molar-refractivity contribution in [3.63, 3.8) is 0 Å². The van der Waals surface area contributed by atoms with Crippen LogP contribution < -0.4 is 0 Å². The van der Waals surface area contributed by atoms with Gasteiger partial charge in [-0.3, -0.25) is 0 Å². The molecule has 0 radical (unpaired) electrons. The Morgan fingerprint density at radius 3 is 2.48 bits per heavy atom. The number of nitrogens with zero attached hydrogens (tertiary/aromatic N) is 1. The molecule has 0 aromatic heterocycles. The lowest BCUT2D eigenvalue weighted by Crippen LogP contribution is -2.28. The normalized spacial score (nSPS) is 25.7. The monoisotopic (exact) mass is 307 g/mol. The van der Waals surface area contributed by atoms with Gasteiger partial charge in [0.05, 0.1) is 12.7 Å². The van der Waals surface area contributed by atoms with E-state index >= 15 is 0 Å². The van der Waals surface area contributed by atoms with Crippen molar-refractivity contribution in [1.29, 1.82) is 0 Å². The molecule has 0 saturated carbocycles. The Kier molecular flexibility index (Phi) is 4.12. The molecule has 0 unspecified atom stereocenters. The maximum Gasteiger partial charge on any atom is 0.217 e. The largest absolute Gasteiger partial charge is 0.469 e. The summed E-state index contributed by atoms with van der Waals surface area (Å²) in [6, 6.07) is 20.9. The number of aryl methyl sites for hydroxylation is 1. The zero-order chi connectivity index (χ0) is 15.5. The van der Waals surface area contributed by atoms with Gasteiger partial charge in [0.1, 0.15) is 6.04 Å². The minimum atomic E-state index is 0.0842. The summed E-state index contributed by atoms with van der Waals surface area (Å²) in [7, 11) is 0. The van der Waals surface area contributed by atoms with E-state index in [1.54, 1.807) is 0 Å². The molecule has 0 amide bonds. The molecule has 23 heavy (non-hydrogen) atoms. The summed E-state index contributed by atoms with van der Waals surface area (Å²) in [5, 5.41) is 0. The van der Waals surface area contributed by atoms with Crippen molar-refractivity contribution in [2.75, 3.05) is 6.61 Å². The van der Waals surface area contributed by atoms with Gasteiger partial charge in [0.2, 0.25) is 5.90 Å². The number of aliphatic imine (C=N–C) groups is 1. The van der Waals surface area contributed by atoms with E-state index in [1.165, 1.54) is 5.56 Å². The number of benzene rings is 2. The van der Waals surface area contributed by atoms with Crippen molar-refractivity contribution in [3.8, 4) is 0 Å². The Balaban J connectivity index is 1.33. The fourth-order valence-corrected chi connectivity index (χ4v) is 3.36. The van der Waals surface area contributed by atoms with Crippen LogP contribution in [0.15, 0.2) is 65.7 Å². The minimum absolute atomic E-state index is 0.0842. The molecule has 0 spiro atoms. The lowest BCUT2D eigenvalue weighted by atomic mass is 10.0. The van der Waals surface area contributed by atoms with Crippen LogP contribution in [0.5, 0.6) is 0 Å². The molecule has 2 aromatic carbocycles. The second-order valence-electron chi connectivity index (χ2n) is 6.20. The van der Waals surface area contributed by atoms with Crippen LogP contribution in [0.3, 0.4) is 0 Å². The van der Waals surface area contributed by atoms with Gasteiger partial charge in [0.15, 0.2) is 6.10 Å². The van der Waals surface area contributed by atoms with Crippen LogP contribution in [0, 0.1) is 0 Å². The van der Waals surface area contributed by atoms with Crippen molar-refractivity contribution < 1.29 is 9.47 Å². The van der Waals surface area contributed by atoms with Crippen LogP contribution in [-0.2, 0) is 15.9 Å². The second-order valence-corrected chi connectivity index (χ2v) is 6.20. The molecule has 3 heteroatoms. The predicted molar refractivity (Wildman–Crippen MR) is 90.8 cm³/mol. The zero-order valence-electron chi connectivity index (χ0n) is 13.1. The Morgan fingerprint density at radius 2 is 1.70 bits per heavy atom. The topological polar surface area (TPSA) is 30.8 Å². The van der Waals surface area contributed by atoms with E-state index in [2.05, 4.69) is 30.3 Å². The third-order valence-electron chi connectivity index (χ3n) is 4.58. The summed E-state index contributed by atoms with van der Waals surface area (Å²) in [5.74, 6) is 0.775. The van der Waals surface area contributed by atoms with E-state index in [0.29, 0.717) is 6.61 Å². The summed E-state index contributed by atoms with van der Waals surface area (Å²) in [4.78, 5) is 4.71. The van der Waals surface area contributed by atoms with Crippen molar-refractivity contribution >= 4 is 5.90 Å². The van der Waals surface area contributed by atoms with Gasteiger partial charge in [0, 0.05) is 5.56 Å². The van der Waals surface area contributed by atoms with Crippen molar-refractivity contribution in [1.82, 2.24) is 0 Å². The predicted octanol–water partition coefficient (Wildman–Crippen LogP) is 3.62. The molecule has 0 bridgehead atoms. The molecule has 3 nitrogen and oxygen atoms in total. The van der Waals surface area contributed by atoms with Gasteiger partial charge < -0.3 is 9.47 Å². The van der Waals surface area contributed by atoms with E-state index in [0.717, 1.165) is 30.7 Å². The standard InChI is InChI=1S/C20H21NO2/c1-3-8-15(9-4-1)10-7-13-18-19-17(14-22-18)21-20(23-19)16-11-5-2-6-12-16/h1-6,8-9,11-12,17-19H,7,10,13-14H2/t17-,18-,19-/m0/s1. The SMILES string of the molecule is c1ccc(CCC[C@@H]2OC[C@@H]3N=C(c4ccccc4)O[C@@H]32)cc1.